The number of benzene rings is 2. The molecule has 2 amide bonds. The number of carbonyl (C=O) groups excluding carboxylic acids is 2. The fourth-order valence-corrected chi connectivity index (χ4v) is 2.48. The van der Waals surface area contributed by atoms with Crippen molar-refractivity contribution in [3.8, 4) is 5.75 Å². The first kappa shape index (κ1) is 18.8. The maximum Gasteiger partial charge on any atom is 0.313 e. The maximum absolute atomic E-state index is 11.9. The number of aliphatic hydroxyl groups is 1. The number of hydrogen-bond donors (Lipinski definition) is 3. The standard InChI is InChI=1S/C18H20N2O4S/c1-24-14-7-5-13(6-8-14)20-18(23)17(22)19-11-16(21)12-3-9-15(25-2)10-4-12/h3-10,16,21H,11H2,1-2H3,(H,19,22)(H,20,23). The molecule has 6 nitrogen and oxygen atoms in total. The van der Waals surface area contributed by atoms with Crippen LogP contribution in [0.25, 0.3) is 0 Å². The number of thioether (sulfide) groups is 1. The van der Waals surface area contributed by atoms with Crippen molar-refractivity contribution < 1.29 is 19.4 Å². The van der Waals surface area contributed by atoms with E-state index in [4.69, 9.17) is 4.74 Å². The Morgan fingerprint density at radius 2 is 1.72 bits per heavy atom. The quantitative estimate of drug-likeness (QED) is 0.543. The van der Waals surface area contributed by atoms with Crippen LogP contribution in [-0.2, 0) is 9.59 Å². The van der Waals surface area contributed by atoms with Gasteiger partial charge >= 0.3 is 11.8 Å². The lowest BCUT2D eigenvalue weighted by Gasteiger charge is -2.13. The van der Waals surface area contributed by atoms with E-state index >= 15 is 0 Å². The Kier molecular flexibility index (Phi) is 6.85. The first-order chi connectivity index (χ1) is 12.0. The molecule has 3 N–H and O–H groups in total. The lowest BCUT2D eigenvalue weighted by molar-refractivity contribution is -0.136. The zero-order valence-corrected chi connectivity index (χ0v) is 14.8. The SMILES string of the molecule is COc1ccc(NC(=O)C(=O)NCC(O)c2ccc(SC)cc2)cc1. The molecule has 132 valence electrons. The van der Waals surface area contributed by atoms with Crippen LogP contribution >= 0.6 is 11.8 Å². The van der Waals surface area contributed by atoms with E-state index in [9.17, 15) is 14.7 Å². The highest BCUT2D eigenvalue weighted by Crippen LogP contribution is 2.19. The Hall–Kier alpha value is -2.51. The predicted molar refractivity (Wildman–Crippen MR) is 97.8 cm³/mol. The number of ether oxygens (including phenoxy) is 1. The summed E-state index contributed by atoms with van der Waals surface area (Å²) in [5.41, 5.74) is 1.16. The summed E-state index contributed by atoms with van der Waals surface area (Å²) in [5.74, 6) is -0.955. The number of nitrogens with one attached hydrogen (secondary N) is 2. The average Bonchev–Trinajstić information content (AvgIpc) is 2.66. The number of aliphatic hydroxyl groups excluding tert-OH is 1. The van der Waals surface area contributed by atoms with Crippen molar-refractivity contribution in [2.45, 2.75) is 11.0 Å². The minimum absolute atomic E-state index is 0.0481. The minimum atomic E-state index is -0.881. The van der Waals surface area contributed by atoms with Crippen LogP contribution in [0, 0.1) is 0 Å². The van der Waals surface area contributed by atoms with Crippen LogP contribution in [0.5, 0.6) is 5.75 Å². The van der Waals surface area contributed by atoms with Gasteiger partial charge in [-0.1, -0.05) is 12.1 Å². The second-order valence-corrected chi connectivity index (χ2v) is 6.06. The number of carbonyl (C=O) groups is 2. The summed E-state index contributed by atoms with van der Waals surface area (Å²) in [7, 11) is 1.54. The van der Waals surface area contributed by atoms with Crippen LogP contribution in [0.15, 0.2) is 53.4 Å². The molecule has 0 aliphatic carbocycles. The largest absolute Gasteiger partial charge is 0.497 e. The molecule has 0 fully saturated rings. The summed E-state index contributed by atoms with van der Waals surface area (Å²) >= 11 is 1.60. The highest BCUT2D eigenvalue weighted by atomic mass is 32.2. The molecular formula is C18H20N2O4S. The van der Waals surface area contributed by atoms with Crippen LogP contribution in [0.4, 0.5) is 5.69 Å². The Balaban J connectivity index is 1.84. The molecular weight excluding hydrogens is 340 g/mol. The van der Waals surface area contributed by atoms with E-state index in [1.807, 2.05) is 18.4 Å². The Morgan fingerprint density at radius 3 is 2.28 bits per heavy atom. The average molecular weight is 360 g/mol. The molecule has 1 atom stereocenters. The Morgan fingerprint density at radius 1 is 1.08 bits per heavy atom. The molecule has 1 unspecified atom stereocenters. The fraction of sp³-hybridized carbons (Fsp3) is 0.222. The van der Waals surface area contributed by atoms with Gasteiger partial charge in [-0.2, -0.15) is 0 Å². The normalized spacial score (nSPS) is 11.5. The van der Waals surface area contributed by atoms with E-state index in [1.165, 1.54) is 0 Å². The second-order valence-electron chi connectivity index (χ2n) is 5.18. The number of rotatable bonds is 6. The monoisotopic (exact) mass is 360 g/mol. The third-order valence-corrected chi connectivity index (χ3v) is 4.25. The van der Waals surface area contributed by atoms with E-state index in [0.717, 1.165) is 4.90 Å². The zero-order chi connectivity index (χ0) is 18.2. The van der Waals surface area contributed by atoms with Gasteiger partial charge in [-0.25, -0.2) is 0 Å². The van der Waals surface area contributed by atoms with Crippen LogP contribution in [0.2, 0.25) is 0 Å². The third kappa shape index (κ3) is 5.51. The van der Waals surface area contributed by atoms with Crippen molar-refractivity contribution in [2.75, 3.05) is 25.2 Å². The molecule has 2 aromatic rings. The van der Waals surface area contributed by atoms with Gasteiger partial charge in [0.1, 0.15) is 5.75 Å². The summed E-state index contributed by atoms with van der Waals surface area (Å²) in [6.07, 6.45) is 1.08. The first-order valence-electron chi connectivity index (χ1n) is 7.58. The molecule has 25 heavy (non-hydrogen) atoms. The van der Waals surface area contributed by atoms with Crippen LogP contribution < -0.4 is 15.4 Å². The number of amides is 2. The molecule has 7 heteroatoms. The van der Waals surface area contributed by atoms with Crippen LogP contribution in [0.1, 0.15) is 11.7 Å². The number of anilines is 1. The lowest BCUT2D eigenvalue weighted by atomic mass is 10.1. The van der Waals surface area contributed by atoms with Crippen molar-refractivity contribution in [2.24, 2.45) is 0 Å². The number of methoxy groups -OCH3 is 1. The smallest absolute Gasteiger partial charge is 0.313 e. The molecule has 0 aliphatic rings. The van der Waals surface area contributed by atoms with Crippen molar-refractivity contribution in [1.29, 1.82) is 0 Å². The Labute approximate surface area is 150 Å². The van der Waals surface area contributed by atoms with Gasteiger partial charge in [0, 0.05) is 17.1 Å². The molecule has 2 rings (SSSR count). The maximum atomic E-state index is 11.9. The summed E-state index contributed by atoms with van der Waals surface area (Å²) in [6, 6.07) is 14.0. The summed E-state index contributed by atoms with van der Waals surface area (Å²) in [4.78, 5) is 24.8. The highest BCUT2D eigenvalue weighted by molar-refractivity contribution is 7.98. The number of hydrogen-bond acceptors (Lipinski definition) is 5. The molecule has 2 aromatic carbocycles. The van der Waals surface area contributed by atoms with Crippen LogP contribution in [0.3, 0.4) is 0 Å². The van der Waals surface area contributed by atoms with E-state index in [0.29, 0.717) is 17.0 Å². The molecule has 0 radical (unpaired) electrons. The molecule has 0 aromatic heterocycles. The van der Waals surface area contributed by atoms with Crippen molar-refractivity contribution in [1.82, 2.24) is 5.32 Å². The van der Waals surface area contributed by atoms with Gasteiger partial charge in [-0.15, -0.1) is 11.8 Å². The van der Waals surface area contributed by atoms with E-state index in [2.05, 4.69) is 10.6 Å². The highest BCUT2D eigenvalue weighted by Gasteiger charge is 2.16. The molecule has 0 heterocycles. The van der Waals surface area contributed by atoms with E-state index < -0.39 is 17.9 Å². The van der Waals surface area contributed by atoms with Gasteiger partial charge in [0.25, 0.3) is 0 Å². The summed E-state index contributed by atoms with van der Waals surface area (Å²) < 4.78 is 5.02. The first-order valence-corrected chi connectivity index (χ1v) is 8.81. The van der Waals surface area contributed by atoms with Gasteiger partial charge in [0.15, 0.2) is 0 Å². The lowest BCUT2D eigenvalue weighted by Crippen LogP contribution is -2.37. The van der Waals surface area contributed by atoms with E-state index in [-0.39, 0.29) is 6.54 Å². The van der Waals surface area contributed by atoms with Gasteiger partial charge in [0.2, 0.25) is 0 Å². The van der Waals surface area contributed by atoms with Gasteiger partial charge in [0.05, 0.1) is 13.2 Å². The minimum Gasteiger partial charge on any atom is -0.497 e. The molecule has 0 aliphatic heterocycles. The van der Waals surface area contributed by atoms with Gasteiger partial charge in [-0.3, -0.25) is 9.59 Å². The van der Waals surface area contributed by atoms with Gasteiger partial charge < -0.3 is 20.5 Å². The summed E-state index contributed by atoms with van der Waals surface area (Å²) in [5, 5.41) is 15.0. The topological polar surface area (TPSA) is 87.7 Å². The Bertz CT molecular complexity index is 717. The summed E-state index contributed by atoms with van der Waals surface area (Å²) in [6.45, 7) is -0.0481. The van der Waals surface area contributed by atoms with Crippen molar-refractivity contribution >= 4 is 29.3 Å². The van der Waals surface area contributed by atoms with E-state index in [1.54, 1.807) is 55.3 Å². The third-order valence-electron chi connectivity index (χ3n) is 3.51. The van der Waals surface area contributed by atoms with Gasteiger partial charge in [-0.05, 0) is 48.2 Å². The zero-order valence-electron chi connectivity index (χ0n) is 14.0. The predicted octanol–water partition coefficient (Wildman–Crippen LogP) is 2.21. The van der Waals surface area contributed by atoms with Crippen molar-refractivity contribution in [3.63, 3.8) is 0 Å². The molecule has 0 spiro atoms. The van der Waals surface area contributed by atoms with Crippen LogP contribution in [-0.4, -0.2) is 36.8 Å². The van der Waals surface area contributed by atoms with Crippen molar-refractivity contribution in [3.05, 3.63) is 54.1 Å². The molecule has 0 bridgehead atoms. The molecule has 0 saturated carbocycles. The second kappa shape index (κ2) is 9.10. The fourth-order valence-electron chi connectivity index (χ4n) is 2.08. The molecule has 0 saturated heterocycles.